The van der Waals surface area contributed by atoms with E-state index in [4.69, 9.17) is 0 Å². The molecule has 2 N–H and O–H groups in total. The van der Waals surface area contributed by atoms with Gasteiger partial charge in [-0.25, -0.2) is 4.98 Å². The van der Waals surface area contributed by atoms with Crippen LogP contribution in [0.5, 0.6) is 0 Å². The topological polar surface area (TPSA) is 75.6 Å². The Hall–Kier alpha value is -2.89. The molecule has 0 fully saturated rings. The third-order valence-electron chi connectivity index (χ3n) is 2.64. The molecule has 0 amide bonds. The molecule has 2 aromatic heterocycles. The van der Waals surface area contributed by atoms with Crippen molar-refractivity contribution < 1.29 is 0 Å². The van der Waals surface area contributed by atoms with Gasteiger partial charge in [-0.3, -0.25) is 14.5 Å². The first-order chi connectivity index (χ1) is 9.33. The highest BCUT2D eigenvalue weighted by atomic mass is 16.1. The SMILES string of the molecule is O=c1ccccn1-c1ccc(Nc2nc[nH]n2)cc1. The van der Waals surface area contributed by atoms with Crippen LogP contribution in [-0.2, 0) is 0 Å². The van der Waals surface area contributed by atoms with Gasteiger partial charge in [-0.1, -0.05) is 6.07 Å². The zero-order valence-corrected chi connectivity index (χ0v) is 9.95. The average Bonchev–Trinajstić information content (AvgIpc) is 2.93. The van der Waals surface area contributed by atoms with E-state index >= 15 is 0 Å². The van der Waals surface area contributed by atoms with E-state index in [9.17, 15) is 4.79 Å². The van der Waals surface area contributed by atoms with Crippen LogP contribution in [0.2, 0.25) is 0 Å². The van der Waals surface area contributed by atoms with Crippen LogP contribution in [0.25, 0.3) is 5.69 Å². The molecule has 3 aromatic rings. The van der Waals surface area contributed by atoms with Gasteiger partial charge in [0.15, 0.2) is 0 Å². The summed E-state index contributed by atoms with van der Waals surface area (Å²) in [5, 5.41) is 9.57. The van der Waals surface area contributed by atoms with Gasteiger partial charge in [0, 0.05) is 23.6 Å². The highest BCUT2D eigenvalue weighted by Gasteiger charge is 2.00. The number of benzene rings is 1. The van der Waals surface area contributed by atoms with Crippen LogP contribution in [0, 0.1) is 0 Å². The summed E-state index contributed by atoms with van der Waals surface area (Å²) < 4.78 is 1.58. The van der Waals surface area contributed by atoms with Crippen molar-refractivity contribution in [1.82, 2.24) is 19.7 Å². The van der Waals surface area contributed by atoms with Crippen molar-refractivity contribution in [2.24, 2.45) is 0 Å². The van der Waals surface area contributed by atoms with Gasteiger partial charge in [-0.2, -0.15) is 0 Å². The van der Waals surface area contributed by atoms with E-state index in [1.807, 2.05) is 30.3 Å². The van der Waals surface area contributed by atoms with Gasteiger partial charge in [-0.15, -0.1) is 5.10 Å². The molecule has 3 rings (SSSR count). The number of aromatic amines is 1. The fourth-order valence-electron chi connectivity index (χ4n) is 1.74. The molecule has 19 heavy (non-hydrogen) atoms. The maximum Gasteiger partial charge on any atom is 0.255 e. The lowest BCUT2D eigenvalue weighted by molar-refractivity contribution is 0.990. The number of hydrogen-bond donors (Lipinski definition) is 2. The molecule has 0 saturated heterocycles. The number of pyridine rings is 1. The molecule has 1 aromatic carbocycles. The van der Waals surface area contributed by atoms with Gasteiger partial charge in [0.2, 0.25) is 5.95 Å². The van der Waals surface area contributed by atoms with Gasteiger partial charge in [-0.05, 0) is 30.3 Å². The van der Waals surface area contributed by atoms with Crippen molar-refractivity contribution >= 4 is 11.6 Å². The van der Waals surface area contributed by atoms with Crippen molar-refractivity contribution in [3.63, 3.8) is 0 Å². The zero-order chi connectivity index (χ0) is 13.1. The molecule has 0 radical (unpaired) electrons. The van der Waals surface area contributed by atoms with Crippen LogP contribution < -0.4 is 10.9 Å². The lowest BCUT2D eigenvalue weighted by atomic mass is 10.2. The minimum absolute atomic E-state index is 0.0582. The molecule has 0 bridgehead atoms. The van der Waals surface area contributed by atoms with Crippen LogP contribution in [0.15, 0.2) is 59.8 Å². The van der Waals surface area contributed by atoms with Crippen molar-refractivity contribution in [3.05, 3.63) is 65.3 Å². The van der Waals surface area contributed by atoms with Gasteiger partial charge >= 0.3 is 0 Å². The van der Waals surface area contributed by atoms with Crippen molar-refractivity contribution in [2.45, 2.75) is 0 Å². The number of nitrogens with zero attached hydrogens (tertiary/aromatic N) is 3. The molecule has 0 unspecified atom stereocenters. The largest absolute Gasteiger partial charge is 0.323 e. The lowest BCUT2D eigenvalue weighted by Gasteiger charge is -2.06. The van der Waals surface area contributed by atoms with Crippen molar-refractivity contribution in [1.29, 1.82) is 0 Å². The Morgan fingerprint density at radius 2 is 1.95 bits per heavy atom. The number of rotatable bonds is 3. The average molecular weight is 253 g/mol. The van der Waals surface area contributed by atoms with Crippen LogP contribution in [-0.4, -0.2) is 19.7 Å². The molecular formula is C13H11N5O. The Balaban J connectivity index is 1.87. The fraction of sp³-hybridized carbons (Fsp3) is 0. The van der Waals surface area contributed by atoms with E-state index in [2.05, 4.69) is 20.5 Å². The second-order valence-electron chi connectivity index (χ2n) is 3.90. The first kappa shape index (κ1) is 11.2. The monoisotopic (exact) mass is 253 g/mol. The van der Waals surface area contributed by atoms with Gasteiger partial charge in [0.05, 0.1) is 0 Å². The zero-order valence-electron chi connectivity index (χ0n) is 9.95. The van der Waals surface area contributed by atoms with Crippen LogP contribution in [0.1, 0.15) is 0 Å². The Morgan fingerprint density at radius 1 is 1.11 bits per heavy atom. The van der Waals surface area contributed by atoms with E-state index in [0.29, 0.717) is 5.95 Å². The van der Waals surface area contributed by atoms with Crippen LogP contribution >= 0.6 is 0 Å². The summed E-state index contributed by atoms with van der Waals surface area (Å²) in [6, 6.07) is 12.5. The summed E-state index contributed by atoms with van der Waals surface area (Å²) in [5.74, 6) is 0.504. The van der Waals surface area contributed by atoms with Crippen LogP contribution in [0.4, 0.5) is 11.6 Å². The first-order valence-electron chi connectivity index (χ1n) is 5.74. The van der Waals surface area contributed by atoms with E-state index < -0.39 is 0 Å². The number of H-pyrrole nitrogens is 1. The number of hydrogen-bond acceptors (Lipinski definition) is 4. The number of aromatic nitrogens is 4. The first-order valence-corrected chi connectivity index (χ1v) is 5.74. The summed E-state index contributed by atoms with van der Waals surface area (Å²) in [4.78, 5) is 15.7. The van der Waals surface area contributed by atoms with Crippen LogP contribution in [0.3, 0.4) is 0 Å². The molecule has 6 nitrogen and oxygen atoms in total. The third-order valence-corrected chi connectivity index (χ3v) is 2.64. The highest BCUT2D eigenvalue weighted by Crippen LogP contribution is 2.14. The molecule has 0 aliphatic heterocycles. The Morgan fingerprint density at radius 3 is 2.63 bits per heavy atom. The van der Waals surface area contributed by atoms with E-state index in [1.54, 1.807) is 16.8 Å². The molecule has 0 aliphatic carbocycles. The molecule has 6 heteroatoms. The Labute approximate surface area is 108 Å². The van der Waals surface area contributed by atoms with E-state index in [-0.39, 0.29) is 5.56 Å². The fourth-order valence-corrected chi connectivity index (χ4v) is 1.74. The molecule has 2 heterocycles. The summed E-state index contributed by atoms with van der Waals surface area (Å²) in [5.41, 5.74) is 1.61. The predicted octanol–water partition coefficient (Wildman–Crippen LogP) is 1.70. The smallest absolute Gasteiger partial charge is 0.255 e. The number of nitrogens with one attached hydrogen (secondary N) is 2. The summed E-state index contributed by atoms with van der Waals surface area (Å²) in [6.07, 6.45) is 3.24. The van der Waals surface area contributed by atoms with Crippen molar-refractivity contribution in [3.8, 4) is 5.69 Å². The van der Waals surface area contributed by atoms with Gasteiger partial charge in [0.1, 0.15) is 6.33 Å². The normalized spacial score (nSPS) is 10.3. The molecule has 94 valence electrons. The Kier molecular flexibility index (Phi) is 2.82. The summed E-state index contributed by atoms with van der Waals surface area (Å²) >= 11 is 0. The quantitative estimate of drug-likeness (QED) is 0.745. The third kappa shape index (κ3) is 2.37. The molecule has 0 atom stereocenters. The molecule has 0 aliphatic rings. The minimum atomic E-state index is -0.0582. The standard InChI is InChI=1S/C13H11N5O/c19-12-3-1-2-8-18(12)11-6-4-10(5-7-11)16-13-14-9-15-17-13/h1-9H,(H2,14,15,16,17). The summed E-state index contributed by atoms with van der Waals surface area (Å²) in [7, 11) is 0. The van der Waals surface area contributed by atoms with Gasteiger partial charge < -0.3 is 5.32 Å². The second-order valence-corrected chi connectivity index (χ2v) is 3.90. The molecule has 0 spiro atoms. The molecular weight excluding hydrogens is 242 g/mol. The minimum Gasteiger partial charge on any atom is -0.323 e. The lowest BCUT2D eigenvalue weighted by Crippen LogP contribution is -2.15. The second kappa shape index (κ2) is 4.77. The summed E-state index contributed by atoms with van der Waals surface area (Å²) in [6.45, 7) is 0. The number of anilines is 2. The predicted molar refractivity (Wildman–Crippen MR) is 71.7 cm³/mol. The maximum atomic E-state index is 11.7. The van der Waals surface area contributed by atoms with E-state index in [0.717, 1.165) is 11.4 Å². The Bertz CT molecular complexity index is 715. The van der Waals surface area contributed by atoms with Gasteiger partial charge in [0.25, 0.3) is 5.56 Å². The highest BCUT2D eigenvalue weighted by molar-refractivity contribution is 5.55. The van der Waals surface area contributed by atoms with E-state index in [1.165, 1.54) is 12.4 Å². The maximum absolute atomic E-state index is 11.7. The molecule has 0 saturated carbocycles. The van der Waals surface area contributed by atoms with Crippen molar-refractivity contribution in [2.75, 3.05) is 5.32 Å².